The number of hydrogen-bond donors (Lipinski definition) is 0. The normalized spacial score (nSPS) is 11.2. The molecule has 4 aromatic rings. The first-order valence-corrected chi connectivity index (χ1v) is 8.99. The number of methoxy groups -OCH3 is 1. The Morgan fingerprint density at radius 1 is 1.04 bits per heavy atom. The van der Waals surface area contributed by atoms with Gasteiger partial charge in [0.15, 0.2) is 5.82 Å². The van der Waals surface area contributed by atoms with Gasteiger partial charge in [0.2, 0.25) is 0 Å². The molecule has 6 heteroatoms. The summed E-state index contributed by atoms with van der Waals surface area (Å²) in [6, 6.07) is 21.9. The predicted octanol–water partition coefficient (Wildman–Crippen LogP) is 4.61. The molecular weight excluding hydrogens is 374 g/mol. The maximum Gasteiger partial charge on any atom is 0.282 e. The molecule has 0 aliphatic rings. The molecule has 0 spiro atoms. The zero-order valence-corrected chi connectivity index (χ0v) is 15.8. The zero-order valence-electron chi connectivity index (χ0n) is 15.0. The molecular formula is C22H16ClN3O2. The minimum atomic E-state index is -0.259. The van der Waals surface area contributed by atoms with Crippen molar-refractivity contribution in [3.05, 3.63) is 93.7 Å². The Kier molecular flexibility index (Phi) is 4.91. The largest absolute Gasteiger partial charge is 0.497 e. The van der Waals surface area contributed by atoms with E-state index in [1.165, 1.54) is 4.68 Å². The van der Waals surface area contributed by atoms with Crippen LogP contribution in [0.5, 0.6) is 5.75 Å². The molecule has 138 valence electrons. The molecule has 0 saturated heterocycles. The molecule has 0 aliphatic heterocycles. The van der Waals surface area contributed by atoms with Crippen molar-refractivity contribution in [2.24, 2.45) is 5.10 Å². The van der Waals surface area contributed by atoms with E-state index in [-0.39, 0.29) is 5.56 Å². The smallest absolute Gasteiger partial charge is 0.282 e. The summed E-state index contributed by atoms with van der Waals surface area (Å²) in [5.41, 5.74) is 1.90. The van der Waals surface area contributed by atoms with Crippen molar-refractivity contribution in [2.45, 2.75) is 0 Å². The topological polar surface area (TPSA) is 56.5 Å². The average molecular weight is 390 g/mol. The third-order valence-electron chi connectivity index (χ3n) is 4.28. The highest BCUT2D eigenvalue weighted by atomic mass is 35.5. The highest BCUT2D eigenvalue weighted by Crippen LogP contribution is 2.21. The van der Waals surface area contributed by atoms with Crippen LogP contribution in [0, 0.1) is 0 Å². The first kappa shape index (κ1) is 17.9. The molecule has 0 radical (unpaired) electrons. The van der Waals surface area contributed by atoms with Gasteiger partial charge in [-0.15, -0.1) is 0 Å². The predicted molar refractivity (Wildman–Crippen MR) is 112 cm³/mol. The molecule has 0 aliphatic carbocycles. The lowest BCUT2D eigenvalue weighted by molar-refractivity contribution is 0.415. The second-order valence-corrected chi connectivity index (χ2v) is 6.53. The number of aromatic nitrogens is 2. The first-order valence-electron chi connectivity index (χ1n) is 8.62. The molecule has 3 aromatic carbocycles. The Morgan fingerprint density at radius 3 is 2.50 bits per heavy atom. The summed E-state index contributed by atoms with van der Waals surface area (Å²) in [5, 5.41) is 5.40. The van der Waals surface area contributed by atoms with E-state index in [2.05, 4.69) is 10.1 Å². The summed E-state index contributed by atoms with van der Waals surface area (Å²) in [5.74, 6) is 1.20. The van der Waals surface area contributed by atoms with Gasteiger partial charge in [-0.2, -0.15) is 9.78 Å². The number of nitrogens with zero attached hydrogens (tertiary/aromatic N) is 3. The number of hydrogen-bond acceptors (Lipinski definition) is 4. The Morgan fingerprint density at radius 2 is 1.79 bits per heavy atom. The van der Waals surface area contributed by atoms with Crippen LogP contribution >= 0.6 is 11.6 Å². The molecule has 0 amide bonds. The number of ether oxygens (including phenoxy) is 1. The van der Waals surface area contributed by atoms with Gasteiger partial charge in [-0.1, -0.05) is 41.9 Å². The van der Waals surface area contributed by atoms with Crippen molar-refractivity contribution in [1.82, 2.24) is 9.66 Å². The summed E-state index contributed by atoms with van der Waals surface area (Å²) in [4.78, 5) is 17.8. The molecule has 0 N–H and O–H groups in total. The van der Waals surface area contributed by atoms with Crippen LogP contribution in [-0.4, -0.2) is 23.0 Å². The van der Waals surface area contributed by atoms with Crippen LogP contribution in [0.1, 0.15) is 5.56 Å². The quantitative estimate of drug-likeness (QED) is 0.479. The van der Waals surface area contributed by atoms with Crippen LogP contribution in [0.2, 0.25) is 5.02 Å². The third-order valence-corrected chi connectivity index (χ3v) is 4.51. The average Bonchev–Trinajstić information content (AvgIpc) is 2.73. The minimum absolute atomic E-state index is 0.259. The Labute approximate surface area is 166 Å². The van der Waals surface area contributed by atoms with Crippen LogP contribution in [0.4, 0.5) is 0 Å². The van der Waals surface area contributed by atoms with Crippen molar-refractivity contribution in [3.63, 3.8) is 0 Å². The van der Waals surface area contributed by atoms with Gasteiger partial charge >= 0.3 is 0 Å². The van der Waals surface area contributed by atoms with Gasteiger partial charge in [0.05, 0.1) is 24.2 Å². The van der Waals surface area contributed by atoms with Crippen molar-refractivity contribution >= 4 is 28.7 Å². The van der Waals surface area contributed by atoms with E-state index in [4.69, 9.17) is 16.3 Å². The Bertz CT molecular complexity index is 1220. The van der Waals surface area contributed by atoms with Gasteiger partial charge in [0.1, 0.15) is 5.75 Å². The van der Waals surface area contributed by atoms with E-state index in [1.54, 1.807) is 31.5 Å². The third kappa shape index (κ3) is 3.52. The minimum Gasteiger partial charge on any atom is -0.497 e. The molecule has 0 unspecified atom stereocenters. The van der Waals surface area contributed by atoms with Gasteiger partial charge in [-0.25, -0.2) is 4.98 Å². The summed E-state index contributed by atoms with van der Waals surface area (Å²) >= 11 is 6.09. The second kappa shape index (κ2) is 7.66. The highest BCUT2D eigenvalue weighted by Gasteiger charge is 2.12. The Hall–Kier alpha value is -3.44. The summed E-state index contributed by atoms with van der Waals surface area (Å²) in [7, 11) is 1.61. The van der Waals surface area contributed by atoms with Gasteiger partial charge in [0, 0.05) is 10.6 Å². The molecule has 1 heterocycles. The van der Waals surface area contributed by atoms with E-state index >= 15 is 0 Å². The number of rotatable bonds is 4. The lowest BCUT2D eigenvalue weighted by Gasteiger charge is -2.09. The van der Waals surface area contributed by atoms with Crippen molar-refractivity contribution in [2.75, 3.05) is 7.11 Å². The van der Waals surface area contributed by atoms with E-state index in [1.807, 2.05) is 54.6 Å². The van der Waals surface area contributed by atoms with Gasteiger partial charge in [0.25, 0.3) is 5.56 Å². The summed E-state index contributed by atoms with van der Waals surface area (Å²) in [6.07, 6.45) is 1.62. The van der Waals surface area contributed by atoms with E-state index in [0.717, 1.165) is 16.9 Å². The van der Waals surface area contributed by atoms with E-state index in [9.17, 15) is 4.79 Å². The molecule has 5 nitrogen and oxygen atoms in total. The van der Waals surface area contributed by atoms with E-state index in [0.29, 0.717) is 21.7 Å². The SMILES string of the molecule is COc1ccc(/C=N/n2c(-c3ccccc3)nc3cc(Cl)ccc3c2=O)cc1. The lowest BCUT2D eigenvalue weighted by atomic mass is 10.2. The van der Waals surface area contributed by atoms with Crippen LogP contribution < -0.4 is 10.3 Å². The number of fused-ring (bicyclic) bond motifs is 1. The fourth-order valence-electron chi connectivity index (χ4n) is 2.85. The zero-order chi connectivity index (χ0) is 19.5. The fraction of sp³-hybridized carbons (Fsp3) is 0.0455. The summed E-state index contributed by atoms with van der Waals surface area (Å²) < 4.78 is 6.48. The Balaban J connectivity index is 1.89. The van der Waals surface area contributed by atoms with Crippen LogP contribution in [0.15, 0.2) is 82.7 Å². The van der Waals surface area contributed by atoms with Gasteiger partial charge in [-0.05, 0) is 48.0 Å². The maximum absolute atomic E-state index is 13.1. The summed E-state index contributed by atoms with van der Waals surface area (Å²) in [6.45, 7) is 0. The van der Waals surface area contributed by atoms with Crippen LogP contribution in [-0.2, 0) is 0 Å². The molecule has 0 bridgehead atoms. The number of halogens is 1. The molecule has 0 saturated carbocycles. The van der Waals surface area contributed by atoms with Gasteiger partial charge in [-0.3, -0.25) is 4.79 Å². The first-order chi connectivity index (χ1) is 13.7. The van der Waals surface area contributed by atoms with Crippen molar-refractivity contribution in [1.29, 1.82) is 0 Å². The number of benzene rings is 3. The standard InChI is InChI=1S/C22H16ClN3O2/c1-28-18-10-7-15(8-11-18)14-24-26-21(16-5-3-2-4-6-16)25-20-13-17(23)9-12-19(20)22(26)27/h2-14H,1H3/b24-14+. The molecule has 4 rings (SSSR count). The molecule has 1 aromatic heterocycles. The van der Waals surface area contributed by atoms with Crippen LogP contribution in [0.25, 0.3) is 22.3 Å². The van der Waals surface area contributed by atoms with E-state index < -0.39 is 0 Å². The maximum atomic E-state index is 13.1. The molecule has 28 heavy (non-hydrogen) atoms. The molecule has 0 atom stereocenters. The van der Waals surface area contributed by atoms with Crippen molar-refractivity contribution < 1.29 is 4.74 Å². The highest BCUT2D eigenvalue weighted by molar-refractivity contribution is 6.31. The van der Waals surface area contributed by atoms with Crippen molar-refractivity contribution in [3.8, 4) is 17.1 Å². The second-order valence-electron chi connectivity index (χ2n) is 6.10. The monoisotopic (exact) mass is 389 g/mol. The molecule has 0 fully saturated rings. The fourth-order valence-corrected chi connectivity index (χ4v) is 3.01. The van der Waals surface area contributed by atoms with Gasteiger partial charge < -0.3 is 4.74 Å². The van der Waals surface area contributed by atoms with Crippen LogP contribution in [0.3, 0.4) is 0 Å². The lowest BCUT2D eigenvalue weighted by Crippen LogP contribution is -2.20.